The van der Waals surface area contributed by atoms with Gasteiger partial charge in [-0.15, -0.1) is 0 Å². The second kappa shape index (κ2) is 8.70. The van der Waals surface area contributed by atoms with Crippen LogP contribution in [0.1, 0.15) is 24.7 Å². The highest BCUT2D eigenvalue weighted by Gasteiger charge is 2.18. The van der Waals surface area contributed by atoms with Crippen LogP contribution in [-0.2, 0) is 22.6 Å². The molecule has 0 spiro atoms. The van der Waals surface area contributed by atoms with Gasteiger partial charge < -0.3 is 9.30 Å². The molecular formula is C20H21FN4O4S. The van der Waals surface area contributed by atoms with Crippen LogP contribution in [0.2, 0.25) is 0 Å². The van der Waals surface area contributed by atoms with Gasteiger partial charge in [-0.1, -0.05) is 6.92 Å². The van der Waals surface area contributed by atoms with E-state index in [1.807, 2.05) is 0 Å². The molecule has 0 atom stereocenters. The van der Waals surface area contributed by atoms with E-state index in [9.17, 15) is 17.6 Å². The first-order chi connectivity index (χ1) is 14.2. The lowest BCUT2D eigenvalue weighted by Gasteiger charge is -2.11. The first kappa shape index (κ1) is 21.6. The SMILES string of the molecule is CCCS(=O)(=O)Cc1nc(Oc2ccc(F)cc2C)nc(-c2ccc(=O)n(C)c2)n1. The highest BCUT2D eigenvalue weighted by atomic mass is 32.2. The molecule has 30 heavy (non-hydrogen) atoms. The van der Waals surface area contributed by atoms with E-state index in [0.717, 1.165) is 0 Å². The van der Waals surface area contributed by atoms with Gasteiger partial charge in [-0.05, 0) is 43.2 Å². The third kappa shape index (κ3) is 5.26. The van der Waals surface area contributed by atoms with E-state index in [1.54, 1.807) is 20.9 Å². The van der Waals surface area contributed by atoms with E-state index in [4.69, 9.17) is 4.74 Å². The predicted molar refractivity (Wildman–Crippen MR) is 109 cm³/mol. The first-order valence-electron chi connectivity index (χ1n) is 9.23. The van der Waals surface area contributed by atoms with Gasteiger partial charge >= 0.3 is 6.01 Å². The molecule has 0 fully saturated rings. The third-order valence-electron chi connectivity index (χ3n) is 4.21. The number of sulfone groups is 1. The fourth-order valence-corrected chi connectivity index (χ4v) is 4.06. The number of hydrogen-bond acceptors (Lipinski definition) is 7. The molecule has 0 aliphatic heterocycles. The van der Waals surface area contributed by atoms with Gasteiger partial charge in [-0.25, -0.2) is 17.8 Å². The van der Waals surface area contributed by atoms with E-state index in [1.165, 1.54) is 41.1 Å². The zero-order valence-corrected chi connectivity index (χ0v) is 17.6. The third-order valence-corrected chi connectivity index (χ3v) is 5.94. The minimum absolute atomic E-state index is 0.00111. The van der Waals surface area contributed by atoms with E-state index >= 15 is 0 Å². The second-order valence-corrected chi connectivity index (χ2v) is 9.01. The Morgan fingerprint density at radius 1 is 1.13 bits per heavy atom. The van der Waals surface area contributed by atoms with Crippen molar-refractivity contribution in [2.75, 3.05) is 5.75 Å². The summed E-state index contributed by atoms with van der Waals surface area (Å²) >= 11 is 0. The average molecular weight is 432 g/mol. The monoisotopic (exact) mass is 432 g/mol. The molecule has 0 saturated carbocycles. The zero-order chi connectivity index (χ0) is 21.9. The summed E-state index contributed by atoms with van der Waals surface area (Å²) in [6.07, 6.45) is 2.01. The van der Waals surface area contributed by atoms with Gasteiger partial charge in [0.05, 0.1) is 5.75 Å². The van der Waals surface area contributed by atoms with Crippen molar-refractivity contribution in [1.82, 2.24) is 19.5 Å². The molecule has 2 aromatic heterocycles. The number of ether oxygens (including phenoxy) is 1. The Morgan fingerprint density at radius 3 is 2.57 bits per heavy atom. The van der Waals surface area contributed by atoms with Gasteiger partial charge in [0.1, 0.15) is 17.3 Å². The molecule has 0 aliphatic carbocycles. The van der Waals surface area contributed by atoms with Crippen molar-refractivity contribution >= 4 is 9.84 Å². The van der Waals surface area contributed by atoms with Gasteiger partial charge in [0.15, 0.2) is 21.5 Å². The maximum Gasteiger partial charge on any atom is 0.325 e. The molecule has 0 N–H and O–H groups in total. The van der Waals surface area contributed by atoms with E-state index in [2.05, 4.69) is 15.0 Å². The molecule has 0 aliphatic rings. The Bertz CT molecular complexity index is 1240. The van der Waals surface area contributed by atoms with Crippen molar-refractivity contribution in [2.45, 2.75) is 26.0 Å². The summed E-state index contributed by atoms with van der Waals surface area (Å²) in [7, 11) is -1.83. The first-order valence-corrected chi connectivity index (χ1v) is 11.1. The highest BCUT2D eigenvalue weighted by Crippen LogP contribution is 2.25. The second-order valence-electron chi connectivity index (χ2n) is 6.83. The van der Waals surface area contributed by atoms with Crippen molar-refractivity contribution < 1.29 is 17.5 Å². The standard InChI is InChI=1S/C20H21FN4O4S/c1-4-9-30(27,28)12-17-22-19(14-5-8-18(26)25(3)11-14)24-20(23-17)29-16-7-6-15(21)10-13(16)2/h5-8,10-11H,4,9,12H2,1-3H3. The molecule has 0 unspecified atom stereocenters. The van der Waals surface area contributed by atoms with Gasteiger partial charge in [-0.2, -0.15) is 9.97 Å². The molecule has 1 aromatic carbocycles. The fourth-order valence-electron chi connectivity index (χ4n) is 2.77. The maximum absolute atomic E-state index is 13.4. The quantitative estimate of drug-likeness (QED) is 0.565. The van der Waals surface area contributed by atoms with E-state index in [-0.39, 0.29) is 34.7 Å². The van der Waals surface area contributed by atoms with Crippen LogP contribution >= 0.6 is 0 Å². The molecular weight excluding hydrogens is 411 g/mol. The largest absolute Gasteiger partial charge is 0.424 e. The lowest BCUT2D eigenvalue weighted by atomic mass is 10.2. The number of aryl methyl sites for hydroxylation is 2. The Hall–Kier alpha value is -3.14. The Balaban J connectivity index is 2.07. The maximum atomic E-state index is 13.4. The summed E-state index contributed by atoms with van der Waals surface area (Å²) < 4.78 is 45.0. The van der Waals surface area contributed by atoms with Gasteiger partial charge in [-0.3, -0.25) is 4.79 Å². The van der Waals surface area contributed by atoms with Crippen molar-refractivity contribution in [1.29, 1.82) is 0 Å². The van der Waals surface area contributed by atoms with Gasteiger partial charge in [0.2, 0.25) is 5.56 Å². The lowest BCUT2D eigenvalue weighted by Crippen LogP contribution is -2.15. The van der Waals surface area contributed by atoms with Crippen LogP contribution in [0.3, 0.4) is 0 Å². The minimum Gasteiger partial charge on any atom is -0.424 e. The zero-order valence-electron chi connectivity index (χ0n) is 16.8. The topological polar surface area (TPSA) is 104 Å². The number of nitrogens with zero attached hydrogens (tertiary/aromatic N) is 4. The fraction of sp³-hybridized carbons (Fsp3) is 0.300. The van der Waals surface area contributed by atoms with E-state index in [0.29, 0.717) is 23.3 Å². The number of benzene rings is 1. The Kier molecular flexibility index (Phi) is 6.25. The molecule has 0 amide bonds. The molecule has 3 rings (SSSR count). The molecule has 2 heterocycles. The number of halogens is 1. The predicted octanol–water partition coefficient (Wildman–Crippen LogP) is 2.80. The number of aromatic nitrogens is 4. The summed E-state index contributed by atoms with van der Waals surface area (Å²) in [5.74, 6) is -0.264. The van der Waals surface area contributed by atoms with Crippen molar-refractivity contribution in [3.05, 3.63) is 64.1 Å². The number of pyridine rings is 1. The molecule has 3 aromatic rings. The molecule has 10 heteroatoms. The summed E-state index contributed by atoms with van der Waals surface area (Å²) in [6.45, 7) is 3.44. The smallest absolute Gasteiger partial charge is 0.325 e. The summed E-state index contributed by atoms with van der Waals surface area (Å²) in [6, 6.07) is 6.76. The molecule has 8 nitrogen and oxygen atoms in total. The number of hydrogen-bond donors (Lipinski definition) is 0. The average Bonchev–Trinajstić information content (AvgIpc) is 2.65. The van der Waals surface area contributed by atoms with Crippen molar-refractivity contribution in [2.24, 2.45) is 7.05 Å². The summed E-state index contributed by atoms with van der Waals surface area (Å²) in [4.78, 5) is 24.3. The van der Waals surface area contributed by atoms with Crippen LogP contribution in [0.5, 0.6) is 11.8 Å². The molecule has 0 radical (unpaired) electrons. The van der Waals surface area contributed by atoms with E-state index < -0.39 is 15.7 Å². The number of rotatable bonds is 7. The normalized spacial score (nSPS) is 11.5. The van der Waals surface area contributed by atoms with Crippen LogP contribution in [-0.4, -0.2) is 33.7 Å². The lowest BCUT2D eigenvalue weighted by molar-refractivity contribution is 0.433. The molecule has 158 valence electrons. The molecule has 0 saturated heterocycles. The van der Waals surface area contributed by atoms with Crippen molar-refractivity contribution in [3.8, 4) is 23.1 Å². The summed E-state index contributed by atoms with van der Waals surface area (Å²) in [5.41, 5.74) is 0.811. The Labute approximate surface area is 173 Å². The van der Waals surface area contributed by atoms with Crippen LogP contribution in [0.4, 0.5) is 4.39 Å². The van der Waals surface area contributed by atoms with Crippen LogP contribution in [0, 0.1) is 12.7 Å². The van der Waals surface area contributed by atoms with Crippen molar-refractivity contribution in [3.63, 3.8) is 0 Å². The van der Waals surface area contributed by atoms with Gasteiger partial charge in [0, 0.05) is 24.9 Å². The van der Waals surface area contributed by atoms with Crippen LogP contribution < -0.4 is 10.3 Å². The molecule has 0 bridgehead atoms. The minimum atomic E-state index is -3.42. The Morgan fingerprint density at radius 2 is 1.90 bits per heavy atom. The van der Waals surface area contributed by atoms with Crippen LogP contribution in [0.15, 0.2) is 41.3 Å². The van der Waals surface area contributed by atoms with Crippen LogP contribution in [0.25, 0.3) is 11.4 Å². The van der Waals surface area contributed by atoms with Gasteiger partial charge in [0.25, 0.3) is 0 Å². The highest BCUT2D eigenvalue weighted by molar-refractivity contribution is 7.90. The summed E-state index contributed by atoms with van der Waals surface area (Å²) in [5, 5.41) is 0.